The first-order valence-electron chi connectivity index (χ1n) is 8.25. The molecule has 0 amide bonds. The zero-order valence-electron chi connectivity index (χ0n) is 12.4. The Balaban J connectivity index is 1.55. The van der Waals surface area contributed by atoms with Crippen LogP contribution in [0.25, 0.3) is 0 Å². The maximum Gasteiger partial charge on any atom is 0.0900 e. The van der Waals surface area contributed by atoms with Gasteiger partial charge in [-0.25, -0.2) is 0 Å². The lowest BCUT2D eigenvalue weighted by molar-refractivity contribution is -0.169. The number of ether oxygens (including phenoxy) is 1. The molecule has 2 heterocycles. The van der Waals surface area contributed by atoms with Crippen molar-refractivity contribution in [3.63, 3.8) is 0 Å². The molecule has 3 rings (SSSR count). The standard InChI is InChI=1S/C16H29NO2/c1-2-7-15(18)12-17(13-15)14-6-10-19-16(11-14)8-4-3-5-9-16/h14,18H,2-13H2,1H3. The van der Waals surface area contributed by atoms with Crippen LogP contribution in [0.4, 0.5) is 0 Å². The molecule has 0 radical (unpaired) electrons. The van der Waals surface area contributed by atoms with Crippen LogP contribution in [0.1, 0.15) is 64.7 Å². The van der Waals surface area contributed by atoms with E-state index in [0.717, 1.165) is 39.0 Å². The van der Waals surface area contributed by atoms with Gasteiger partial charge >= 0.3 is 0 Å². The summed E-state index contributed by atoms with van der Waals surface area (Å²) in [6, 6.07) is 0.656. The minimum absolute atomic E-state index is 0.194. The lowest BCUT2D eigenvalue weighted by Crippen LogP contribution is -2.66. The summed E-state index contributed by atoms with van der Waals surface area (Å²) in [6.07, 6.45) is 11.0. The van der Waals surface area contributed by atoms with E-state index in [-0.39, 0.29) is 11.2 Å². The number of rotatable bonds is 3. The van der Waals surface area contributed by atoms with Gasteiger partial charge in [0.05, 0.1) is 11.2 Å². The summed E-state index contributed by atoms with van der Waals surface area (Å²) >= 11 is 0. The fourth-order valence-corrected chi connectivity index (χ4v) is 4.45. The largest absolute Gasteiger partial charge is 0.387 e. The Kier molecular flexibility index (Phi) is 3.89. The number of aliphatic hydroxyl groups is 1. The molecule has 3 aliphatic rings. The molecular weight excluding hydrogens is 238 g/mol. The number of hydrogen-bond donors (Lipinski definition) is 1. The lowest BCUT2D eigenvalue weighted by Gasteiger charge is -2.54. The molecule has 1 N–H and O–H groups in total. The molecule has 1 unspecified atom stereocenters. The Morgan fingerprint density at radius 1 is 1.21 bits per heavy atom. The first-order valence-corrected chi connectivity index (χ1v) is 8.25. The Hall–Kier alpha value is -0.120. The van der Waals surface area contributed by atoms with E-state index in [1.54, 1.807) is 0 Å². The second-order valence-corrected chi connectivity index (χ2v) is 7.12. The molecule has 0 aromatic rings. The van der Waals surface area contributed by atoms with Crippen molar-refractivity contribution >= 4 is 0 Å². The van der Waals surface area contributed by atoms with Crippen LogP contribution in [-0.2, 0) is 4.74 Å². The fourth-order valence-electron chi connectivity index (χ4n) is 4.45. The molecule has 1 atom stereocenters. The van der Waals surface area contributed by atoms with Crippen molar-refractivity contribution in [2.45, 2.75) is 82.0 Å². The summed E-state index contributed by atoms with van der Waals surface area (Å²) in [4.78, 5) is 2.51. The molecule has 1 saturated carbocycles. The minimum Gasteiger partial charge on any atom is -0.387 e. The van der Waals surface area contributed by atoms with Crippen molar-refractivity contribution < 1.29 is 9.84 Å². The minimum atomic E-state index is -0.382. The van der Waals surface area contributed by atoms with Gasteiger partial charge in [0.2, 0.25) is 0 Å². The maximum absolute atomic E-state index is 10.3. The first-order chi connectivity index (χ1) is 9.15. The van der Waals surface area contributed by atoms with Crippen molar-refractivity contribution in [3.8, 4) is 0 Å². The van der Waals surface area contributed by atoms with Gasteiger partial charge in [-0.05, 0) is 32.1 Å². The topological polar surface area (TPSA) is 32.7 Å². The molecule has 110 valence electrons. The molecular formula is C16H29NO2. The summed E-state index contributed by atoms with van der Waals surface area (Å²) in [6.45, 7) is 4.86. The normalized spacial score (nSPS) is 34.1. The molecule has 1 aliphatic carbocycles. The summed E-state index contributed by atoms with van der Waals surface area (Å²) in [7, 11) is 0. The van der Waals surface area contributed by atoms with Crippen molar-refractivity contribution in [3.05, 3.63) is 0 Å². The fraction of sp³-hybridized carbons (Fsp3) is 1.00. The van der Waals surface area contributed by atoms with Crippen LogP contribution < -0.4 is 0 Å². The highest BCUT2D eigenvalue weighted by Crippen LogP contribution is 2.41. The maximum atomic E-state index is 10.3. The van der Waals surface area contributed by atoms with Gasteiger partial charge in [-0.15, -0.1) is 0 Å². The van der Waals surface area contributed by atoms with Gasteiger partial charge in [0, 0.05) is 25.7 Å². The second kappa shape index (κ2) is 5.34. The van der Waals surface area contributed by atoms with Crippen LogP contribution in [0, 0.1) is 0 Å². The highest BCUT2D eigenvalue weighted by Gasteiger charge is 2.47. The average Bonchev–Trinajstić information content (AvgIpc) is 2.37. The van der Waals surface area contributed by atoms with E-state index in [1.165, 1.54) is 38.5 Å². The molecule has 2 aliphatic heterocycles. The van der Waals surface area contributed by atoms with E-state index in [9.17, 15) is 5.11 Å². The van der Waals surface area contributed by atoms with Crippen molar-refractivity contribution in [2.24, 2.45) is 0 Å². The number of β-amino-alcohol motifs (C(OH)–C–C–N with tert-alkyl or cyclic N) is 1. The van der Waals surface area contributed by atoms with Crippen LogP contribution in [0.3, 0.4) is 0 Å². The van der Waals surface area contributed by atoms with E-state index in [4.69, 9.17) is 4.74 Å². The Labute approximate surface area is 117 Å². The van der Waals surface area contributed by atoms with Gasteiger partial charge in [0.15, 0.2) is 0 Å². The molecule has 0 aromatic carbocycles. The molecule has 0 aromatic heterocycles. The van der Waals surface area contributed by atoms with Crippen LogP contribution in [0.5, 0.6) is 0 Å². The smallest absolute Gasteiger partial charge is 0.0900 e. The molecule has 3 heteroatoms. The van der Waals surface area contributed by atoms with Gasteiger partial charge in [-0.2, -0.15) is 0 Å². The Morgan fingerprint density at radius 2 is 1.95 bits per heavy atom. The highest BCUT2D eigenvalue weighted by atomic mass is 16.5. The van der Waals surface area contributed by atoms with Crippen molar-refractivity contribution in [1.82, 2.24) is 4.90 Å². The third-order valence-corrected chi connectivity index (χ3v) is 5.46. The zero-order chi connectivity index (χ0) is 13.3. The van der Waals surface area contributed by atoms with Gasteiger partial charge in [0.25, 0.3) is 0 Å². The average molecular weight is 267 g/mol. The van der Waals surface area contributed by atoms with Crippen LogP contribution in [0.2, 0.25) is 0 Å². The highest BCUT2D eigenvalue weighted by molar-refractivity contribution is 5.01. The quantitative estimate of drug-likeness (QED) is 0.853. The van der Waals surface area contributed by atoms with Gasteiger partial charge in [-0.1, -0.05) is 32.6 Å². The van der Waals surface area contributed by atoms with Crippen molar-refractivity contribution in [2.75, 3.05) is 19.7 Å². The third kappa shape index (κ3) is 2.84. The van der Waals surface area contributed by atoms with Crippen LogP contribution in [-0.4, -0.2) is 46.9 Å². The summed E-state index contributed by atoms with van der Waals surface area (Å²) in [5, 5.41) is 10.3. The first kappa shape index (κ1) is 13.8. The van der Waals surface area contributed by atoms with Crippen LogP contribution in [0.15, 0.2) is 0 Å². The predicted molar refractivity (Wildman–Crippen MR) is 76.2 cm³/mol. The van der Waals surface area contributed by atoms with Crippen molar-refractivity contribution in [1.29, 1.82) is 0 Å². The van der Waals surface area contributed by atoms with E-state index >= 15 is 0 Å². The summed E-state index contributed by atoms with van der Waals surface area (Å²) in [5.74, 6) is 0. The summed E-state index contributed by atoms with van der Waals surface area (Å²) in [5.41, 5.74) is -0.188. The summed E-state index contributed by atoms with van der Waals surface area (Å²) < 4.78 is 6.17. The molecule has 2 saturated heterocycles. The molecule has 0 bridgehead atoms. The van der Waals surface area contributed by atoms with E-state index in [2.05, 4.69) is 11.8 Å². The third-order valence-electron chi connectivity index (χ3n) is 5.46. The molecule has 3 fully saturated rings. The molecule has 19 heavy (non-hydrogen) atoms. The zero-order valence-corrected chi connectivity index (χ0v) is 12.4. The second-order valence-electron chi connectivity index (χ2n) is 7.12. The predicted octanol–water partition coefficient (Wildman–Crippen LogP) is 2.72. The van der Waals surface area contributed by atoms with Gasteiger partial charge in [-0.3, -0.25) is 4.90 Å². The Morgan fingerprint density at radius 3 is 2.63 bits per heavy atom. The monoisotopic (exact) mass is 267 g/mol. The number of nitrogens with zero attached hydrogens (tertiary/aromatic N) is 1. The number of likely N-dealkylation sites (tertiary alicyclic amines) is 1. The number of hydrogen-bond acceptors (Lipinski definition) is 3. The van der Waals surface area contributed by atoms with Crippen LogP contribution >= 0.6 is 0 Å². The SMILES string of the molecule is CCCC1(O)CN(C2CCOC3(CCCCC3)C2)C1. The lowest BCUT2D eigenvalue weighted by atomic mass is 9.76. The molecule has 1 spiro atoms. The molecule has 3 nitrogen and oxygen atoms in total. The van der Waals surface area contributed by atoms with Gasteiger partial charge in [0.1, 0.15) is 0 Å². The van der Waals surface area contributed by atoms with E-state index in [1.807, 2.05) is 0 Å². The Bertz CT molecular complexity index is 300. The van der Waals surface area contributed by atoms with E-state index < -0.39 is 0 Å². The van der Waals surface area contributed by atoms with Gasteiger partial charge < -0.3 is 9.84 Å². The van der Waals surface area contributed by atoms with E-state index in [0.29, 0.717) is 6.04 Å².